The summed E-state index contributed by atoms with van der Waals surface area (Å²) < 4.78 is 2.86. The maximum atomic E-state index is 11.2. The standard InChI is InChI=1S/C18H16BrN3O/c19-16-6-4-15(5-7-16)8-9-18(23,13-22-12-11-20-14-22)17-3-1-2-10-21-17/h1-12,14,23H,13H2/b9-8-/t18-/m0/s1. The van der Waals surface area contributed by atoms with Crippen LogP contribution in [-0.2, 0) is 12.1 Å². The number of rotatable bonds is 5. The van der Waals surface area contributed by atoms with Gasteiger partial charge in [-0.3, -0.25) is 4.98 Å². The highest BCUT2D eigenvalue weighted by Crippen LogP contribution is 2.24. The molecule has 116 valence electrons. The molecule has 0 spiro atoms. The van der Waals surface area contributed by atoms with Crippen LogP contribution in [0, 0.1) is 0 Å². The Labute approximate surface area is 143 Å². The van der Waals surface area contributed by atoms with Crippen molar-refractivity contribution in [1.82, 2.24) is 14.5 Å². The largest absolute Gasteiger partial charge is 0.377 e. The molecule has 0 aliphatic rings. The Morgan fingerprint density at radius 1 is 1.13 bits per heavy atom. The summed E-state index contributed by atoms with van der Waals surface area (Å²) in [5.74, 6) is 0. The van der Waals surface area contributed by atoms with Crippen LogP contribution in [0.4, 0.5) is 0 Å². The lowest BCUT2D eigenvalue weighted by Crippen LogP contribution is -2.29. The molecule has 0 aliphatic heterocycles. The number of imidazole rings is 1. The van der Waals surface area contributed by atoms with E-state index < -0.39 is 5.60 Å². The van der Waals surface area contributed by atoms with E-state index in [9.17, 15) is 5.11 Å². The smallest absolute Gasteiger partial charge is 0.143 e. The second kappa shape index (κ2) is 6.89. The number of pyridine rings is 1. The SMILES string of the molecule is O[C@@](/C=C\c1ccc(Br)cc1)(Cn1ccnc1)c1ccccn1. The summed E-state index contributed by atoms with van der Waals surface area (Å²) >= 11 is 3.42. The van der Waals surface area contributed by atoms with Crippen molar-refractivity contribution in [1.29, 1.82) is 0 Å². The fraction of sp³-hybridized carbons (Fsp3) is 0.111. The van der Waals surface area contributed by atoms with E-state index in [0.717, 1.165) is 10.0 Å². The van der Waals surface area contributed by atoms with Crippen molar-refractivity contribution >= 4 is 22.0 Å². The molecule has 23 heavy (non-hydrogen) atoms. The highest BCUT2D eigenvalue weighted by Gasteiger charge is 2.28. The first-order valence-corrected chi connectivity index (χ1v) is 7.99. The van der Waals surface area contributed by atoms with Crippen LogP contribution in [0.2, 0.25) is 0 Å². The molecule has 0 amide bonds. The molecule has 3 rings (SSSR count). The van der Waals surface area contributed by atoms with Crippen molar-refractivity contribution in [2.75, 3.05) is 0 Å². The zero-order chi connectivity index (χ0) is 16.1. The molecule has 1 N–H and O–H groups in total. The fourth-order valence-corrected chi connectivity index (χ4v) is 2.57. The second-order valence-electron chi connectivity index (χ2n) is 5.26. The Kier molecular flexibility index (Phi) is 4.69. The maximum absolute atomic E-state index is 11.2. The summed E-state index contributed by atoms with van der Waals surface area (Å²) in [6.07, 6.45) is 10.6. The molecule has 0 saturated heterocycles. The Balaban J connectivity index is 1.93. The number of halogens is 1. The van der Waals surface area contributed by atoms with Gasteiger partial charge >= 0.3 is 0 Å². The van der Waals surface area contributed by atoms with Crippen LogP contribution in [0.5, 0.6) is 0 Å². The summed E-state index contributed by atoms with van der Waals surface area (Å²) in [5, 5.41) is 11.2. The molecule has 0 saturated carbocycles. The third kappa shape index (κ3) is 3.94. The van der Waals surface area contributed by atoms with Crippen LogP contribution in [0.15, 0.2) is 77.9 Å². The van der Waals surface area contributed by atoms with Crippen molar-refractivity contribution < 1.29 is 5.11 Å². The monoisotopic (exact) mass is 369 g/mol. The van der Waals surface area contributed by atoms with Crippen LogP contribution in [0.1, 0.15) is 11.3 Å². The lowest BCUT2D eigenvalue weighted by atomic mass is 9.97. The lowest BCUT2D eigenvalue weighted by molar-refractivity contribution is 0.0659. The molecule has 0 unspecified atom stereocenters. The number of benzene rings is 1. The van der Waals surface area contributed by atoms with Crippen molar-refractivity contribution in [3.8, 4) is 0 Å². The van der Waals surface area contributed by atoms with E-state index in [2.05, 4.69) is 25.9 Å². The first kappa shape index (κ1) is 15.6. The molecular formula is C18H16BrN3O. The van der Waals surface area contributed by atoms with Gasteiger partial charge in [-0.2, -0.15) is 0 Å². The average Bonchev–Trinajstić information content (AvgIpc) is 3.08. The second-order valence-corrected chi connectivity index (χ2v) is 6.17. The van der Waals surface area contributed by atoms with E-state index in [0.29, 0.717) is 12.2 Å². The van der Waals surface area contributed by atoms with Crippen LogP contribution in [0.25, 0.3) is 6.08 Å². The minimum Gasteiger partial charge on any atom is -0.377 e. The first-order valence-electron chi connectivity index (χ1n) is 7.20. The summed E-state index contributed by atoms with van der Waals surface area (Å²) in [7, 11) is 0. The molecule has 1 aromatic carbocycles. The van der Waals surface area contributed by atoms with Crippen molar-refractivity contribution in [3.63, 3.8) is 0 Å². The highest BCUT2D eigenvalue weighted by atomic mass is 79.9. The van der Waals surface area contributed by atoms with Gasteiger partial charge in [0.15, 0.2) is 0 Å². The van der Waals surface area contributed by atoms with Crippen LogP contribution in [0.3, 0.4) is 0 Å². The number of aromatic nitrogens is 3. The van der Waals surface area contributed by atoms with Gasteiger partial charge in [0, 0.05) is 23.1 Å². The van der Waals surface area contributed by atoms with Crippen molar-refractivity contribution in [3.05, 3.63) is 89.2 Å². The van der Waals surface area contributed by atoms with E-state index in [1.165, 1.54) is 0 Å². The molecule has 3 aromatic rings. The lowest BCUT2D eigenvalue weighted by Gasteiger charge is -2.24. The average molecular weight is 370 g/mol. The number of aliphatic hydroxyl groups is 1. The van der Waals surface area contributed by atoms with Crippen LogP contribution < -0.4 is 0 Å². The van der Waals surface area contributed by atoms with E-state index in [1.54, 1.807) is 24.8 Å². The normalized spacial score (nSPS) is 14.0. The molecule has 0 radical (unpaired) electrons. The zero-order valence-electron chi connectivity index (χ0n) is 12.4. The molecule has 0 bridgehead atoms. The summed E-state index contributed by atoms with van der Waals surface area (Å²) in [6.45, 7) is 0.344. The minimum absolute atomic E-state index is 0.344. The minimum atomic E-state index is -1.21. The zero-order valence-corrected chi connectivity index (χ0v) is 14.0. The summed E-state index contributed by atoms with van der Waals surface area (Å²) in [4.78, 5) is 8.35. The maximum Gasteiger partial charge on any atom is 0.143 e. The van der Waals surface area contributed by atoms with Gasteiger partial charge in [0.2, 0.25) is 0 Å². The van der Waals surface area contributed by atoms with Crippen LogP contribution in [-0.4, -0.2) is 19.6 Å². The highest BCUT2D eigenvalue weighted by molar-refractivity contribution is 9.10. The number of nitrogens with zero attached hydrogens (tertiary/aromatic N) is 3. The van der Waals surface area contributed by atoms with Crippen molar-refractivity contribution in [2.45, 2.75) is 12.1 Å². The van der Waals surface area contributed by atoms with Gasteiger partial charge in [0.05, 0.1) is 18.6 Å². The number of hydrogen-bond donors (Lipinski definition) is 1. The third-order valence-electron chi connectivity index (χ3n) is 3.51. The first-order chi connectivity index (χ1) is 11.2. The van der Waals surface area contributed by atoms with Crippen LogP contribution >= 0.6 is 15.9 Å². The number of hydrogen-bond acceptors (Lipinski definition) is 3. The van der Waals surface area contributed by atoms with E-state index in [4.69, 9.17) is 0 Å². The van der Waals surface area contributed by atoms with Gasteiger partial charge in [0.1, 0.15) is 5.60 Å². The van der Waals surface area contributed by atoms with Gasteiger partial charge in [-0.25, -0.2) is 4.98 Å². The Morgan fingerprint density at radius 2 is 1.96 bits per heavy atom. The molecular weight excluding hydrogens is 354 g/mol. The topological polar surface area (TPSA) is 50.9 Å². The predicted octanol–water partition coefficient (Wildman–Crippen LogP) is 3.64. The molecule has 5 heteroatoms. The van der Waals surface area contributed by atoms with Gasteiger partial charge < -0.3 is 9.67 Å². The van der Waals surface area contributed by atoms with E-state index in [1.807, 2.05) is 59.3 Å². The molecule has 4 nitrogen and oxygen atoms in total. The molecule has 0 aliphatic carbocycles. The predicted molar refractivity (Wildman–Crippen MR) is 93.5 cm³/mol. The van der Waals surface area contributed by atoms with E-state index in [-0.39, 0.29) is 0 Å². The summed E-state index contributed by atoms with van der Waals surface area (Å²) in [5.41, 5.74) is 0.393. The third-order valence-corrected chi connectivity index (χ3v) is 4.04. The molecule has 2 heterocycles. The molecule has 1 atom stereocenters. The molecule has 2 aromatic heterocycles. The van der Waals surface area contributed by atoms with Gasteiger partial charge in [-0.15, -0.1) is 0 Å². The van der Waals surface area contributed by atoms with Crippen molar-refractivity contribution in [2.24, 2.45) is 0 Å². The van der Waals surface area contributed by atoms with Gasteiger partial charge in [0.25, 0.3) is 0 Å². The summed E-state index contributed by atoms with van der Waals surface area (Å²) in [6, 6.07) is 13.4. The van der Waals surface area contributed by atoms with Gasteiger partial charge in [-0.05, 0) is 35.9 Å². The van der Waals surface area contributed by atoms with E-state index >= 15 is 0 Å². The Morgan fingerprint density at radius 3 is 2.61 bits per heavy atom. The Bertz CT molecular complexity index is 770. The Hall–Kier alpha value is -2.24. The molecule has 0 fully saturated rings. The van der Waals surface area contributed by atoms with Gasteiger partial charge in [-0.1, -0.05) is 40.2 Å². The quantitative estimate of drug-likeness (QED) is 0.746. The fourth-order valence-electron chi connectivity index (χ4n) is 2.30.